The van der Waals surface area contributed by atoms with E-state index >= 15 is 0 Å². The molecule has 3 rings (SSSR count). The molecule has 0 fully saturated rings. The Labute approximate surface area is 167 Å². The van der Waals surface area contributed by atoms with Gasteiger partial charge in [-0.05, 0) is 61.8 Å². The van der Waals surface area contributed by atoms with Crippen LogP contribution >= 0.6 is 38.5 Å². The lowest BCUT2D eigenvalue weighted by atomic mass is 10.1. The summed E-state index contributed by atoms with van der Waals surface area (Å²) in [5.74, 6) is 0.593. The number of nitrogens with one attached hydrogen (secondary N) is 2. The minimum atomic E-state index is -1.08. The summed E-state index contributed by atoms with van der Waals surface area (Å²) in [6.45, 7) is 0. The van der Waals surface area contributed by atoms with Crippen LogP contribution in [0.5, 0.6) is 0 Å². The van der Waals surface area contributed by atoms with Crippen molar-refractivity contribution in [1.29, 1.82) is 0 Å². The molecule has 0 saturated heterocycles. The molecule has 3 N–H and O–H groups in total. The van der Waals surface area contributed by atoms with Crippen LogP contribution in [0.25, 0.3) is 11.3 Å². The lowest BCUT2D eigenvalue weighted by Gasteiger charge is -2.15. The summed E-state index contributed by atoms with van der Waals surface area (Å²) in [6.07, 6.45) is 1.15. The Hall–Kier alpha value is -1.87. The van der Waals surface area contributed by atoms with Crippen LogP contribution in [0.4, 0.5) is 4.79 Å². The van der Waals surface area contributed by atoms with Gasteiger partial charge in [-0.1, -0.05) is 36.4 Å². The van der Waals surface area contributed by atoms with E-state index in [-0.39, 0.29) is 0 Å². The summed E-state index contributed by atoms with van der Waals surface area (Å²) in [5.41, 5.74) is 2.88. The predicted molar refractivity (Wildman–Crippen MR) is 108 cm³/mol. The summed E-state index contributed by atoms with van der Waals surface area (Å²) in [5, 5.41) is 11.7. The third-order valence-electron chi connectivity index (χ3n) is 3.73. The number of hydrogen-bond acceptors (Lipinski definition) is 2. The lowest BCUT2D eigenvalue weighted by molar-refractivity contribution is 0.189. The van der Waals surface area contributed by atoms with E-state index in [1.165, 1.54) is 0 Å². The van der Waals surface area contributed by atoms with Crippen LogP contribution in [0.15, 0.2) is 59.2 Å². The number of halogens is 2. The monoisotopic (exact) mass is 511 g/mol. The molecule has 0 unspecified atom stereocenters. The number of carboxylic acid groups (broad SMARTS) is 1. The highest BCUT2D eigenvalue weighted by atomic mass is 127. The molecule has 2 aromatic carbocycles. The molecule has 0 radical (unpaired) electrons. The fraction of sp³-hybridized carbons (Fsp3) is 0.111. The molecular formula is C18H15BrIN3O2. The van der Waals surface area contributed by atoms with E-state index in [0.717, 1.165) is 24.9 Å². The van der Waals surface area contributed by atoms with Crippen LogP contribution in [-0.2, 0) is 6.42 Å². The number of rotatable bonds is 5. The molecule has 5 nitrogen and oxygen atoms in total. The van der Waals surface area contributed by atoms with Gasteiger partial charge in [0.15, 0.2) is 0 Å². The lowest BCUT2D eigenvalue weighted by Crippen LogP contribution is -2.29. The standard InChI is InChI=1S/C18H15BrIN3O2/c19-13-8-11(6-7-14(13)20)9-15(23-18(24)25)17-21-10-16(22-17)12-4-2-1-3-5-12/h1-8,10,15,23H,9H2,(H,21,22)(H,24,25)/t15-/m0/s1. The average molecular weight is 512 g/mol. The third kappa shape index (κ3) is 4.60. The molecule has 128 valence electrons. The van der Waals surface area contributed by atoms with Gasteiger partial charge in [-0.3, -0.25) is 0 Å². The quantitative estimate of drug-likeness (QED) is 0.422. The number of aromatic nitrogens is 2. The van der Waals surface area contributed by atoms with Crippen LogP contribution in [-0.4, -0.2) is 21.2 Å². The molecule has 0 saturated carbocycles. The second-order valence-corrected chi connectivity index (χ2v) is 7.52. The highest BCUT2D eigenvalue weighted by Gasteiger charge is 2.19. The topological polar surface area (TPSA) is 78.0 Å². The summed E-state index contributed by atoms with van der Waals surface area (Å²) in [4.78, 5) is 18.8. The molecule has 0 aliphatic carbocycles. The van der Waals surface area contributed by atoms with Gasteiger partial charge in [0.05, 0.1) is 17.9 Å². The number of nitrogens with zero attached hydrogens (tertiary/aromatic N) is 1. The minimum Gasteiger partial charge on any atom is -0.465 e. The SMILES string of the molecule is O=C(O)N[C@@H](Cc1ccc(I)c(Br)c1)c1ncc(-c2ccccc2)[nH]1. The van der Waals surface area contributed by atoms with Crippen molar-refractivity contribution in [2.75, 3.05) is 0 Å². The number of H-pyrrole nitrogens is 1. The van der Waals surface area contributed by atoms with Crippen LogP contribution in [0.2, 0.25) is 0 Å². The van der Waals surface area contributed by atoms with E-state index in [2.05, 4.69) is 53.8 Å². The molecule has 1 amide bonds. The second-order valence-electron chi connectivity index (χ2n) is 5.50. The Morgan fingerprint density at radius 1 is 1.28 bits per heavy atom. The number of benzene rings is 2. The van der Waals surface area contributed by atoms with Crippen LogP contribution < -0.4 is 5.32 Å². The molecule has 0 aliphatic rings. The Bertz CT molecular complexity index is 883. The van der Waals surface area contributed by atoms with Gasteiger partial charge in [-0.15, -0.1) is 0 Å². The van der Waals surface area contributed by atoms with E-state index in [1.807, 2.05) is 48.5 Å². The van der Waals surface area contributed by atoms with Gasteiger partial charge >= 0.3 is 6.09 Å². The molecule has 0 spiro atoms. The number of imidazole rings is 1. The van der Waals surface area contributed by atoms with Gasteiger partial charge in [0.25, 0.3) is 0 Å². The molecule has 1 heterocycles. The second kappa shape index (κ2) is 8.01. The molecule has 25 heavy (non-hydrogen) atoms. The van der Waals surface area contributed by atoms with Crippen LogP contribution in [0, 0.1) is 3.57 Å². The summed E-state index contributed by atoms with van der Waals surface area (Å²) in [6, 6.07) is 15.3. The molecule has 1 atom stereocenters. The zero-order valence-corrected chi connectivity index (χ0v) is 16.8. The van der Waals surface area contributed by atoms with Crippen molar-refractivity contribution in [3.05, 3.63) is 74.2 Å². The first-order valence-corrected chi connectivity index (χ1v) is 9.44. The molecule has 1 aromatic heterocycles. The fourth-order valence-electron chi connectivity index (χ4n) is 2.55. The van der Waals surface area contributed by atoms with Gasteiger partial charge in [0.2, 0.25) is 0 Å². The van der Waals surface area contributed by atoms with Crippen molar-refractivity contribution < 1.29 is 9.90 Å². The summed E-state index contributed by atoms with van der Waals surface area (Å²) in [7, 11) is 0. The van der Waals surface area contributed by atoms with Crippen molar-refractivity contribution in [2.24, 2.45) is 0 Å². The van der Waals surface area contributed by atoms with Crippen LogP contribution in [0.1, 0.15) is 17.4 Å². The van der Waals surface area contributed by atoms with Crippen molar-refractivity contribution in [3.63, 3.8) is 0 Å². The third-order valence-corrected chi connectivity index (χ3v) is 6.07. The van der Waals surface area contributed by atoms with Crippen molar-refractivity contribution >= 4 is 44.6 Å². The smallest absolute Gasteiger partial charge is 0.405 e. The zero-order valence-electron chi connectivity index (χ0n) is 13.0. The Balaban J connectivity index is 1.87. The predicted octanol–water partition coefficient (Wildman–Crippen LogP) is 5.00. The first-order chi connectivity index (χ1) is 12.0. The van der Waals surface area contributed by atoms with Gasteiger partial charge < -0.3 is 15.4 Å². The molecular weight excluding hydrogens is 497 g/mol. The summed E-state index contributed by atoms with van der Waals surface area (Å²) < 4.78 is 2.09. The normalized spacial score (nSPS) is 11.9. The Morgan fingerprint density at radius 2 is 2.04 bits per heavy atom. The maximum atomic E-state index is 11.2. The first-order valence-electron chi connectivity index (χ1n) is 7.56. The van der Waals surface area contributed by atoms with Gasteiger partial charge in [-0.25, -0.2) is 9.78 Å². The maximum Gasteiger partial charge on any atom is 0.405 e. The molecule has 0 bridgehead atoms. The van der Waals surface area contributed by atoms with E-state index in [9.17, 15) is 9.90 Å². The number of hydrogen-bond donors (Lipinski definition) is 3. The Morgan fingerprint density at radius 3 is 2.72 bits per heavy atom. The van der Waals surface area contributed by atoms with Crippen molar-refractivity contribution in [2.45, 2.75) is 12.5 Å². The maximum absolute atomic E-state index is 11.2. The summed E-state index contributed by atoms with van der Waals surface area (Å²) >= 11 is 5.75. The number of aromatic amines is 1. The molecule has 7 heteroatoms. The van der Waals surface area contributed by atoms with E-state index in [1.54, 1.807) is 6.20 Å². The van der Waals surface area contributed by atoms with Crippen molar-refractivity contribution in [3.8, 4) is 11.3 Å². The fourth-order valence-corrected chi connectivity index (χ4v) is 3.31. The molecule has 3 aromatic rings. The van der Waals surface area contributed by atoms with Gasteiger partial charge in [0, 0.05) is 14.5 Å². The highest BCUT2D eigenvalue weighted by molar-refractivity contribution is 14.1. The van der Waals surface area contributed by atoms with Gasteiger partial charge in [0.1, 0.15) is 5.82 Å². The van der Waals surface area contributed by atoms with Gasteiger partial charge in [-0.2, -0.15) is 0 Å². The van der Waals surface area contributed by atoms with E-state index < -0.39 is 12.1 Å². The molecule has 0 aliphatic heterocycles. The van der Waals surface area contributed by atoms with E-state index in [4.69, 9.17) is 0 Å². The van der Waals surface area contributed by atoms with Crippen molar-refractivity contribution in [1.82, 2.24) is 15.3 Å². The minimum absolute atomic E-state index is 0.457. The Kier molecular flexibility index (Phi) is 5.74. The first kappa shape index (κ1) is 17.9. The van der Waals surface area contributed by atoms with E-state index in [0.29, 0.717) is 12.2 Å². The largest absolute Gasteiger partial charge is 0.465 e. The van der Waals surface area contributed by atoms with Crippen LogP contribution in [0.3, 0.4) is 0 Å². The number of amides is 1. The average Bonchev–Trinajstić information content (AvgIpc) is 3.08. The zero-order chi connectivity index (χ0) is 17.8. The highest BCUT2D eigenvalue weighted by Crippen LogP contribution is 2.25. The number of carbonyl (C=O) groups is 1.